The molecule has 0 radical (unpaired) electrons. The minimum atomic E-state index is 0.449. The number of aromatic nitrogens is 1. The highest BCUT2D eigenvalue weighted by Gasteiger charge is 2.07. The zero-order valence-corrected chi connectivity index (χ0v) is 7.47. The summed E-state index contributed by atoms with van der Waals surface area (Å²) >= 11 is 0. The van der Waals surface area contributed by atoms with Crippen LogP contribution in [-0.4, -0.2) is 11.6 Å². The lowest BCUT2D eigenvalue weighted by atomic mass is 10.0. The fourth-order valence-electron chi connectivity index (χ4n) is 1.31. The van der Waals surface area contributed by atoms with E-state index in [2.05, 4.69) is 11.1 Å². The van der Waals surface area contributed by atoms with Crippen molar-refractivity contribution in [1.82, 2.24) is 4.98 Å². The van der Waals surface area contributed by atoms with E-state index in [1.54, 1.807) is 12.5 Å². The third kappa shape index (κ3) is 1.50. The van der Waals surface area contributed by atoms with E-state index in [1.807, 2.05) is 24.3 Å². The Kier molecular flexibility index (Phi) is 2.28. The summed E-state index contributed by atoms with van der Waals surface area (Å²) in [6.45, 7) is 0.547. The predicted molar refractivity (Wildman–Crippen MR) is 52.0 cm³/mol. The first-order chi connectivity index (χ1) is 6.92. The maximum absolute atomic E-state index is 8.85. The van der Waals surface area contributed by atoms with Gasteiger partial charge in [-0.3, -0.25) is 0 Å². The van der Waals surface area contributed by atoms with Crippen molar-refractivity contribution < 1.29 is 4.74 Å². The molecule has 14 heavy (non-hydrogen) atoms. The minimum absolute atomic E-state index is 0.449. The van der Waals surface area contributed by atoms with Crippen LogP contribution in [0.5, 0.6) is 0 Å². The van der Waals surface area contributed by atoms with Crippen LogP contribution in [0.3, 0.4) is 0 Å². The summed E-state index contributed by atoms with van der Waals surface area (Å²) in [6, 6.07) is 5.77. The van der Waals surface area contributed by atoms with Gasteiger partial charge in [-0.25, -0.2) is 4.98 Å². The van der Waals surface area contributed by atoms with Crippen molar-refractivity contribution in [1.29, 1.82) is 5.26 Å². The molecular weight excluding hydrogens is 176 g/mol. The molecule has 68 valence electrons. The molecule has 3 heteroatoms. The second-order valence-electron chi connectivity index (χ2n) is 2.81. The lowest BCUT2D eigenvalue weighted by Crippen LogP contribution is -1.96. The second-order valence-corrected chi connectivity index (χ2v) is 2.81. The molecule has 0 amide bonds. The number of hydrogen-bond donors (Lipinski definition) is 0. The Morgan fingerprint density at radius 2 is 2.43 bits per heavy atom. The van der Waals surface area contributed by atoms with E-state index in [9.17, 15) is 0 Å². The Labute approximate surface area is 82.0 Å². The Hall–Kier alpha value is -2.08. The van der Waals surface area contributed by atoms with Gasteiger partial charge in [0.1, 0.15) is 18.4 Å². The molecule has 1 aliphatic heterocycles. The molecule has 1 aliphatic rings. The van der Waals surface area contributed by atoms with Gasteiger partial charge in [0, 0.05) is 11.8 Å². The number of allylic oxidation sites excluding steroid dienone is 2. The van der Waals surface area contributed by atoms with Crippen molar-refractivity contribution >= 4 is 5.57 Å². The van der Waals surface area contributed by atoms with Crippen LogP contribution in [0, 0.1) is 11.3 Å². The topological polar surface area (TPSA) is 45.9 Å². The average molecular weight is 184 g/mol. The largest absolute Gasteiger partial charge is 0.497 e. The molecule has 0 spiro atoms. The summed E-state index contributed by atoms with van der Waals surface area (Å²) in [6.07, 6.45) is 7.01. The standard InChI is InChI=1S/C11H8N2O/c12-8-11-10(2-1-5-13-11)9-3-6-14-7-4-9/h1-6H,7H2. The van der Waals surface area contributed by atoms with Gasteiger partial charge >= 0.3 is 0 Å². The van der Waals surface area contributed by atoms with Crippen molar-refractivity contribution in [3.8, 4) is 6.07 Å². The van der Waals surface area contributed by atoms with Crippen LogP contribution in [0.2, 0.25) is 0 Å². The van der Waals surface area contributed by atoms with Gasteiger partial charge in [0.25, 0.3) is 0 Å². The second kappa shape index (κ2) is 3.75. The Morgan fingerprint density at radius 3 is 3.14 bits per heavy atom. The highest BCUT2D eigenvalue weighted by molar-refractivity contribution is 5.76. The third-order valence-corrected chi connectivity index (χ3v) is 1.97. The Morgan fingerprint density at radius 1 is 1.50 bits per heavy atom. The van der Waals surface area contributed by atoms with Crippen LogP contribution in [0.25, 0.3) is 5.57 Å². The molecule has 0 atom stereocenters. The third-order valence-electron chi connectivity index (χ3n) is 1.97. The molecule has 0 unspecified atom stereocenters. The van der Waals surface area contributed by atoms with Crippen molar-refractivity contribution in [2.45, 2.75) is 0 Å². The van der Waals surface area contributed by atoms with Gasteiger partial charge in [-0.2, -0.15) is 5.26 Å². The van der Waals surface area contributed by atoms with Gasteiger partial charge in [-0.1, -0.05) is 0 Å². The maximum Gasteiger partial charge on any atom is 0.148 e. The fourth-order valence-corrected chi connectivity index (χ4v) is 1.31. The molecule has 0 saturated heterocycles. The van der Waals surface area contributed by atoms with Crippen molar-refractivity contribution in [2.24, 2.45) is 0 Å². The normalized spacial score (nSPS) is 14.1. The first-order valence-electron chi connectivity index (χ1n) is 4.25. The first-order valence-corrected chi connectivity index (χ1v) is 4.25. The average Bonchev–Trinajstić information content (AvgIpc) is 2.30. The molecule has 0 saturated carbocycles. The van der Waals surface area contributed by atoms with E-state index in [0.717, 1.165) is 11.1 Å². The summed E-state index contributed by atoms with van der Waals surface area (Å²) in [5.41, 5.74) is 2.29. The van der Waals surface area contributed by atoms with Crippen molar-refractivity contribution in [3.63, 3.8) is 0 Å². The number of nitrogens with zero attached hydrogens (tertiary/aromatic N) is 2. The highest BCUT2D eigenvalue weighted by atomic mass is 16.5. The van der Waals surface area contributed by atoms with Gasteiger partial charge < -0.3 is 4.74 Å². The van der Waals surface area contributed by atoms with Gasteiger partial charge in [-0.15, -0.1) is 0 Å². The zero-order chi connectivity index (χ0) is 9.80. The Bertz CT molecular complexity index is 441. The molecular formula is C11H8N2O. The molecule has 0 bridgehead atoms. The molecule has 1 aromatic rings. The van der Waals surface area contributed by atoms with Crippen molar-refractivity contribution in [3.05, 3.63) is 48.0 Å². The van der Waals surface area contributed by atoms with Crippen LogP contribution in [0.4, 0.5) is 0 Å². The van der Waals surface area contributed by atoms with Crippen LogP contribution >= 0.6 is 0 Å². The number of ether oxygens (including phenoxy) is 1. The van der Waals surface area contributed by atoms with E-state index >= 15 is 0 Å². The number of nitriles is 1. The highest BCUT2D eigenvalue weighted by Crippen LogP contribution is 2.20. The monoisotopic (exact) mass is 184 g/mol. The van der Waals surface area contributed by atoms with Crippen molar-refractivity contribution in [2.75, 3.05) is 6.61 Å². The van der Waals surface area contributed by atoms with E-state index in [-0.39, 0.29) is 0 Å². The molecule has 2 heterocycles. The molecule has 0 N–H and O–H groups in total. The molecule has 0 fully saturated rings. The lowest BCUT2D eigenvalue weighted by molar-refractivity contribution is 0.287. The smallest absolute Gasteiger partial charge is 0.148 e. The number of rotatable bonds is 1. The number of hydrogen-bond acceptors (Lipinski definition) is 3. The van der Waals surface area contributed by atoms with Crippen LogP contribution in [0.15, 0.2) is 36.7 Å². The maximum atomic E-state index is 8.85. The van der Waals surface area contributed by atoms with Gasteiger partial charge in [0.15, 0.2) is 0 Å². The number of pyridine rings is 1. The SMILES string of the molecule is N#Cc1ncccc1C1=CCOC=C1. The van der Waals surface area contributed by atoms with E-state index in [1.165, 1.54) is 0 Å². The quantitative estimate of drug-likeness (QED) is 0.669. The van der Waals surface area contributed by atoms with E-state index < -0.39 is 0 Å². The van der Waals surface area contributed by atoms with Gasteiger partial charge in [0.2, 0.25) is 0 Å². The van der Waals surface area contributed by atoms with E-state index in [4.69, 9.17) is 10.00 Å². The minimum Gasteiger partial charge on any atom is -0.497 e. The lowest BCUT2D eigenvalue weighted by Gasteiger charge is -2.08. The predicted octanol–water partition coefficient (Wildman–Crippen LogP) is 1.88. The van der Waals surface area contributed by atoms with Gasteiger partial charge in [-0.05, 0) is 29.9 Å². The van der Waals surface area contributed by atoms with E-state index in [0.29, 0.717) is 12.3 Å². The van der Waals surface area contributed by atoms with Gasteiger partial charge in [0.05, 0.1) is 6.26 Å². The van der Waals surface area contributed by atoms with Crippen LogP contribution < -0.4 is 0 Å². The van der Waals surface area contributed by atoms with Crippen LogP contribution in [0.1, 0.15) is 11.3 Å². The van der Waals surface area contributed by atoms with Crippen LogP contribution in [-0.2, 0) is 4.74 Å². The first kappa shape index (κ1) is 8.52. The molecule has 2 rings (SSSR count). The summed E-state index contributed by atoms with van der Waals surface area (Å²) in [5, 5.41) is 8.85. The summed E-state index contributed by atoms with van der Waals surface area (Å²) in [5.74, 6) is 0. The zero-order valence-electron chi connectivity index (χ0n) is 7.47. The molecule has 0 aliphatic carbocycles. The molecule has 0 aromatic carbocycles. The molecule has 1 aromatic heterocycles. The summed E-state index contributed by atoms with van der Waals surface area (Å²) < 4.78 is 5.03. The summed E-state index contributed by atoms with van der Waals surface area (Å²) in [4.78, 5) is 4.00. The Balaban J connectivity index is 2.46. The fraction of sp³-hybridized carbons (Fsp3) is 0.0909. The summed E-state index contributed by atoms with van der Waals surface area (Å²) in [7, 11) is 0. The molecule has 3 nitrogen and oxygen atoms in total.